The number of aromatic nitrogens is 3. The zero-order chi connectivity index (χ0) is 14.4. The van der Waals surface area contributed by atoms with E-state index in [2.05, 4.69) is 9.97 Å². The summed E-state index contributed by atoms with van der Waals surface area (Å²) in [5.74, 6) is 0. The average molecular weight is 279 g/mol. The fourth-order valence-electron chi connectivity index (χ4n) is 2.62. The van der Waals surface area contributed by atoms with E-state index in [1.165, 1.54) is 13.3 Å². The second-order valence-electron chi connectivity index (χ2n) is 5.13. The van der Waals surface area contributed by atoms with Crippen LogP contribution in [0.2, 0.25) is 0 Å². The van der Waals surface area contributed by atoms with Crippen LogP contribution in [0.5, 0.6) is 0 Å². The lowest BCUT2D eigenvalue weighted by atomic mass is 10.1. The van der Waals surface area contributed by atoms with Crippen LogP contribution in [-0.4, -0.2) is 54.3 Å². The van der Waals surface area contributed by atoms with Crippen molar-refractivity contribution < 1.29 is 20.1 Å². The molecule has 5 atom stereocenters. The third kappa shape index (κ3) is 1.90. The van der Waals surface area contributed by atoms with Crippen LogP contribution < -0.4 is 0 Å². The molecule has 0 unspecified atom stereocenters. The summed E-state index contributed by atoms with van der Waals surface area (Å²) in [6.45, 7) is 3.39. The Bertz CT molecular complexity index is 627. The van der Waals surface area contributed by atoms with E-state index in [0.29, 0.717) is 5.65 Å². The van der Waals surface area contributed by atoms with E-state index in [4.69, 9.17) is 4.74 Å². The van der Waals surface area contributed by atoms with E-state index in [-0.39, 0.29) is 0 Å². The van der Waals surface area contributed by atoms with E-state index in [1.54, 1.807) is 10.8 Å². The highest BCUT2D eigenvalue weighted by atomic mass is 16.6. The van der Waals surface area contributed by atoms with Crippen LogP contribution in [0, 0.1) is 6.92 Å². The minimum absolute atomic E-state index is 0.625. The van der Waals surface area contributed by atoms with Gasteiger partial charge in [-0.2, -0.15) is 0 Å². The topological polar surface area (TPSA) is 101 Å². The molecule has 7 heteroatoms. The fourth-order valence-corrected chi connectivity index (χ4v) is 2.62. The molecule has 3 N–H and O–H groups in total. The maximum absolute atomic E-state index is 10.1. The van der Waals surface area contributed by atoms with Crippen LogP contribution >= 0.6 is 0 Å². The van der Waals surface area contributed by atoms with Crippen molar-refractivity contribution in [1.29, 1.82) is 0 Å². The summed E-state index contributed by atoms with van der Waals surface area (Å²) in [4.78, 5) is 8.30. The van der Waals surface area contributed by atoms with Crippen LogP contribution in [0.15, 0.2) is 18.6 Å². The summed E-state index contributed by atoms with van der Waals surface area (Å²) in [6, 6.07) is 1.84. The molecule has 2 aromatic heterocycles. The van der Waals surface area contributed by atoms with E-state index in [0.717, 1.165) is 11.1 Å². The van der Waals surface area contributed by atoms with Gasteiger partial charge in [0.1, 0.15) is 30.3 Å². The Morgan fingerprint density at radius 3 is 2.70 bits per heavy atom. The highest BCUT2D eigenvalue weighted by molar-refractivity contribution is 5.78. The van der Waals surface area contributed by atoms with Gasteiger partial charge in [-0.05, 0) is 19.9 Å². The summed E-state index contributed by atoms with van der Waals surface area (Å²) in [7, 11) is 0. The largest absolute Gasteiger partial charge is 0.391 e. The third-order valence-corrected chi connectivity index (χ3v) is 3.73. The summed E-state index contributed by atoms with van der Waals surface area (Å²) < 4.78 is 7.25. The number of hydrogen-bond donors (Lipinski definition) is 3. The molecule has 7 nitrogen and oxygen atoms in total. The summed E-state index contributed by atoms with van der Waals surface area (Å²) in [5, 5.41) is 30.5. The second kappa shape index (κ2) is 4.78. The van der Waals surface area contributed by atoms with Crippen molar-refractivity contribution in [1.82, 2.24) is 14.5 Å². The molecule has 1 aliphatic heterocycles. The molecule has 1 fully saturated rings. The Balaban J connectivity index is 2.02. The van der Waals surface area contributed by atoms with Gasteiger partial charge in [0.05, 0.1) is 11.8 Å². The Labute approximate surface area is 115 Å². The van der Waals surface area contributed by atoms with E-state index >= 15 is 0 Å². The molecular weight excluding hydrogens is 262 g/mol. The van der Waals surface area contributed by atoms with Crippen molar-refractivity contribution in [3.05, 3.63) is 24.3 Å². The number of fused-ring (bicyclic) bond motifs is 1. The van der Waals surface area contributed by atoms with Crippen LogP contribution in [0.25, 0.3) is 11.0 Å². The van der Waals surface area contributed by atoms with Crippen molar-refractivity contribution in [2.75, 3.05) is 0 Å². The molecule has 3 heterocycles. The molecule has 0 radical (unpaired) electrons. The monoisotopic (exact) mass is 279 g/mol. The van der Waals surface area contributed by atoms with Crippen molar-refractivity contribution in [2.45, 2.75) is 44.5 Å². The maximum Gasteiger partial charge on any atom is 0.164 e. The molecule has 1 saturated heterocycles. The normalized spacial score (nSPS) is 31.9. The molecule has 3 rings (SSSR count). The van der Waals surface area contributed by atoms with Gasteiger partial charge in [0, 0.05) is 11.6 Å². The molecule has 0 spiro atoms. The molecular formula is C13H17N3O4. The van der Waals surface area contributed by atoms with Gasteiger partial charge in [0.2, 0.25) is 0 Å². The maximum atomic E-state index is 10.1. The van der Waals surface area contributed by atoms with Gasteiger partial charge >= 0.3 is 0 Å². The molecule has 1 aliphatic rings. The first kappa shape index (κ1) is 13.4. The lowest BCUT2D eigenvalue weighted by molar-refractivity contribution is -0.0775. The standard InChI is InChI=1S/C13H17N3O4/c1-6-8-3-4-16(12(8)15-5-14-6)13-10(19)9(18)11(20-13)7(2)17/h3-5,7,9-11,13,17-19H,1-2H3/t7-,9-,10+,11-,13+/m0/s1. The molecule has 2 aromatic rings. The van der Waals surface area contributed by atoms with E-state index in [9.17, 15) is 15.3 Å². The summed E-state index contributed by atoms with van der Waals surface area (Å²) in [5.41, 5.74) is 1.45. The quantitative estimate of drug-likeness (QED) is 0.700. The molecule has 0 saturated carbocycles. The number of hydrogen-bond acceptors (Lipinski definition) is 6. The molecule has 0 aromatic carbocycles. The molecule has 20 heavy (non-hydrogen) atoms. The van der Waals surface area contributed by atoms with Crippen molar-refractivity contribution in [2.24, 2.45) is 0 Å². The first-order chi connectivity index (χ1) is 9.50. The summed E-state index contributed by atoms with van der Waals surface area (Å²) in [6.07, 6.45) is -1.56. The van der Waals surface area contributed by atoms with E-state index in [1.807, 2.05) is 13.0 Å². The zero-order valence-electron chi connectivity index (χ0n) is 11.2. The minimum atomic E-state index is -1.14. The SMILES string of the molecule is Cc1ncnc2c1ccn2[C@@H]1O[C@@H]([C@H](C)O)[C@@H](O)[C@H]1O. The van der Waals surface area contributed by atoms with Crippen LogP contribution in [0.4, 0.5) is 0 Å². The average Bonchev–Trinajstić information content (AvgIpc) is 2.94. The van der Waals surface area contributed by atoms with Gasteiger partial charge in [-0.25, -0.2) is 9.97 Å². The number of aliphatic hydroxyl groups excluding tert-OH is 3. The van der Waals surface area contributed by atoms with Crippen molar-refractivity contribution in [3.63, 3.8) is 0 Å². The van der Waals surface area contributed by atoms with Gasteiger partial charge in [-0.15, -0.1) is 0 Å². The highest BCUT2D eigenvalue weighted by Crippen LogP contribution is 2.33. The van der Waals surface area contributed by atoms with Crippen molar-refractivity contribution in [3.8, 4) is 0 Å². The smallest absolute Gasteiger partial charge is 0.164 e. The summed E-state index contributed by atoms with van der Waals surface area (Å²) >= 11 is 0. The second-order valence-corrected chi connectivity index (χ2v) is 5.13. The molecule has 0 bridgehead atoms. The number of ether oxygens (including phenoxy) is 1. The minimum Gasteiger partial charge on any atom is -0.391 e. The highest BCUT2D eigenvalue weighted by Gasteiger charge is 2.45. The Hall–Kier alpha value is -1.54. The Kier molecular flexibility index (Phi) is 3.21. The first-order valence-corrected chi connectivity index (χ1v) is 6.48. The van der Waals surface area contributed by atoms with Gasteiger partial charge < -0.3 is 24.6 Å². The molecule has 108 valence electrons. The van der Waals surface area contributed by atoms with Gasteiger partial charge in [-0.3, -0.25) is 0 Å². The lowest BCUT2D eigenvalue weighted by Crippen LogP contribution is -2.37. The number of nitrogens with zero attached hydrogens (tertiary/aromatic N) is 3. The predicted octanol–water partition coefficient (Wildman–Crippen LogP) is -0.260. The van der Waals surface area contributed by atoms with Crippen LogP contribution in [0.1, 0.15) is 18.8 Å². The van der Waals surface area contributed by atoms with E-state index < -0.39 is 30.6 Å². The number of aliphatic hydroxyl groups is 3. The first-order valence-electron chi connectivity index (χ1n) is 6.48. The molecule has 0 aliphatic carbocycles. The Morgan fingerprint density at radius 2 is 2.05 bits per heavy atom. The van der Waals surface area contributed by atoms with Crippen molar-refractivity contribution >= 4 is 11.0 Å². The van der Waals surface area contributed by atoms with Gasteiger partial charge in [-0.1, -0.05) is 0 Å². The van der Waals surface area contributed by atoms with Gasteiger partial charge in [0.15, 0.2) is 6.23 Å². The lowest BCUT2D eigenvalue weighted by Gasteiger charge is -2.18. The Morgan fingerprint density at radius 1 is 1.30 bits per heavy atom. The number of aryl methyl sites for hydroxylation is 1. The molecule has 0 amide bonds. The predicted molar refractivity (Wildman–Crippen MR) is 69.9 cm³/mol. The van der Waals surface area contributed by atoms with Crippen LogP contribution in [0.3, 0.4) is 0 Å². The van der Waals surface area contributed by atoms with Gasteiger partial charge in [0.25, 0.3) is 0 Å². The third-order valence-electron chi connectivity index (χ3n) is 3.73. The van der Waals surface area contributed by atoms with Crippen LogP contribution in [-0.2, 0) is 4.74 Å². The number of rotatable bonds is 2. The fraction of sp³-hybridized carbons (Fsp3) is 0.538. The zero-order valence-corrected chi connectivity index (χ0v) is 11.2.